The first kappa shape index (κ1) is 7.89. The fourth-order valence-electron chi connectivity index (χ4n) is 0.707. The van der Waals surface area contributed by atoms with Crippen molar-refractivity contribution in [3.8, 4) is 0 Å². The monoisotopic (exact) mass is 214 g/mol. The van der Waals surface area contributed by atoms with Gasteiger partial charge in [0.05, 0.1) is 0 Å². The Kier molecular flexibility index (Phi) is 2.57. The van der Waals surface area contributed by atoms with E-state index in [-0.39, 0.29) is 0 Å². The lowest BCUT2D eigenvalue weighted by atomic mass is 10.2. The second-order valence-corrected chi connectivity index (χ2v) is 3.59. The molecule has 1 rings (SSSR count). The molecule has 1 aromatic carbocycles. The molecule has 0 saturated carbocycles. The molecule has 0 amide bonds. The zero-order chi connectivity index (χ0) is 7.56. The molecule has 52 valence electrons. The van der Waals surface area contributed by atoms with Crippen LogP contribution in [0.3, 0.4) is 0 Å². The van der Waals surface area contributed by atoms with Gasteiger partial charge in [0.1, 0.15) is 0 Å². The molecule has 0 spiro atoms. The van der Waals surface area contributed by atoms with Crippen LogP contribution in [0.25, 0.3) is 0 Å². The first-order valence-electron chi connectivity index (χ1n) is 2.96. The smallest absolute Gasteiger partial charge is 0.0193 e. The van der Waals surface area contributed by atoms with Crippen LogP contribution in [0.5, 0.6) is 0 Å². The lowest BCUT2D eigenvalue weighted by Gasteiger charge is -1.96. The van der Waals surface area contributed by atoms with Crippen LogP contribution in [-0.2, 0) is 0 Å². The van der Waals surface area contributed by atoms with E-state index in [2.05, 4.69) is 15.9 Å². The maximum atomic E-state index is 5.00. The average Bonchev–Trinajstić information content (AvgIpc) is 1.88. The van der Waals surface area contributed by atoms with Crippen LogP contribution < -0.4 is 0 Å². The Morgan fingerprint density at radius 3 is 2.60 bits per heavy atom. The van der Waals surface area contributed by atoms with Crippen LogP contribution in [-0.4, -0.2) is 4.86 Å². The molecule has 0 N–H and O–H groups in total. The number of hydrogen-bond acceptors (Lipinski definition) is 1. The number of thiocarbonyl (C=S) groups is 1. The van der Waals surface area contributed by atoms with E-state index < -0.39 is 0 Å². The molecule has 0 unspecified atom stereocenters. The van der Waals surface area contributed by atoms with Gasteiger partial charge in [0.15, 0.2) is 0 Å². The Morgan fingerprint density at radius 2 is 2.20 bits per heavy atom. The standard InChI is InChI=1S/C8H7BrS/c1-6(10)7-3-2-4-8(9)5-7/h2-5H,1H3. The summed E-state index contributed by atoms with van der Waals surface area (Å²) in [4.78, 5) is 0.932. The Hall–Kier alpha value is -0.210. The zero-order valence-electron chi connectivity index (χ0n) is 5.60. The third-order valence-corrected chi connectivity index (χ3v) is 1.96. The van der Waals surface area contributed by atoms with Gasteiger partial charge in [0.2, 0.25) is 0 Å². The molecule has 0 saturated heterocycles. The van der Waals surface area contributed by atoms with E-state index in [1.165, 1.54) is 0 Å². The van der Waals surface area contributed by atoms with Gasteiger partial charge >= 0.3 is 0 Å². The summed E-state index contributed by atoms with van der Waals surface area (Å²) in [6, 6.07) is 7.99. The molecule has 0 atom stereocenters. The summed E-state index contributed by atoms with van der Waals surface area (Å²) in [5.41, 5.74) is 1.12. The first-order chi connectivity index (χ1) is 4.70. The van der Waals surface area contributed by atoms with E-state index in [9.17, 15) is 0 Å². The topological polar surface area (TPSA) is 0 Å². The fourth-order valence-corrected chi connectivity index (χ4v) is 1.23. The average molecular weight is 215 g/mol. The fraction of sp³-hybridized carbons (Fsp3) is 0.125. The zero-order valence-corrected chi connectivity index (χ0v) is 8.00. The minimum absolute atomic E-state index is 0.932. The van der Waals surface area contributed by atoms with Gasteiger partial charge in [0, 0.05) is 9.34 Å². The van der Waals surface area contributed by atoms with Crippen LogP contribution in [0.15, 0.2) is 28.7 Å². The van der Waals surface area contributed by atoms with Crippen LogP contribution in [0.1, 0.15) is 12.5 Å². The van der Waals surface area contributed by atoms with E-state index >= 15 is 0 Å². The molecule has 0 nitrogen and oxygen atoms in total. The number of hydrogen-bond donors (Lipinski definition) is 0. The predicted octanol–water partition coefficient (Wildman–Crippen LogP) is 3.19. The van der Waals surface area contributed by atoms with Crippen LogP contribution in [0, 0.1) is 0 Å². The normalized spacial score (nSPS) is 9.40. The summed E-state index contributed by atoms with van der Waals surface area (Å²) in [5, 5.41) is 0. The van der Waals surface area contributed by atoms with Gasteiger partial charge in [-0.25, -0.2) is 0 Å². The molecule has 0 aliphatic heterocycles. The second-order valence-electron chi connectivity index (χ2n) is 2.07. The molecule has 0 fully saturated rings. The molecular weight excluding hydrogens is 208 g/mol. The van der Waals surface area contributed by atoms with Crippen molar-refractivity contribution >= 4 is 33.0 Å². The van der Waals surface area contributed by atoms with Gasteiger partial charge in [-0.15, -0.1) is 0 Å². The highest BCUT2D eigenvalue weighted by atomic mass is 79.9. The van der Waals surface area contributed by atoms with Crippen molar-refractivity contribution in [2.45, 2.75) is 6.92 Å². The van der Waals surface area contributed by atoms with Crippen molar-refractivity contribution < 1.29 is 0 Å². The van der Waals surface area contributed by atoms with Gasteiger partial charge in [0.25, 0.3) is 0 Å². The van der Waals surface area contributed by atoms with E-state index in [1.807, 2.05) is 31.2 Å². The lowest BCUT2D eigenvalue weighted by molar-refractivity contribution is 1.61. The van der Waals surface area contributed by atoms with Crippen LogP contribution in [0.4, 0.5) is 0 Å². The van der Waals surface area contributed by atoms with Crippen molar-refractivity contribution in [1.82, 2.24) is 0 Å². The summed E-state index contributed by atoms with van der Waals surface area (Å²) < 4.78 is 1.08. The SMILES string of the molecule is CC(=S)c1cccc(Br)c1. The summed E-state index contributed by atoms with van der Waals surface area (Å²) >= 11 is 8.37. The highest BCUT2D eigenvalue weighted by Crippen LogP contribution is 2.11. The third kappa shape index (κ3) is 1.89. The van der Waals surface area contributed by atoms with Gasteiger partial charge in [-0.3, -0.25) is 0 Å². The largest absolute Gasteiger partial charge is 0.0846 e. The van der Waals surface area contributed by atoms with E-state index in [0.29, 0.717) is 0 Å². The quantitative estimate of drug-likeness (QED) is 0.512. The molecule has 0 heterocycles. The molecule has 10 heavy (non-hydrogen) atoms. The van der Waals surface area contributed by atoms with Crippen molar-refractivity contribution in [2.24, 2.45) is 0 Å². The van der Waals surface area contributed by atoms with Gasteiger partial charge in [-0.2, -0.15) is 0 Å². The maximum absolute atomic E-state index is 5.00. The molecule has 0 aromatic heterocycles. The highest BCUT2D eigenvalue weighted by Gasteiger charge is 1.93. The molecule has 0 aliphatic rings. The highest BCUT2D eigenvalue weighted by molar-refractivity contribution is 9.10. The third-order valence-electron chi connectivity index (χ3n) is 1.23. The minimum atomic E-state index is 0.932. The maximum Gasteiger partial charge on any atom is 0.0193 e. The molecule has 0 radical (unpaired) electrons. The Labute approximate surface area is 74.4 Å². The lowest BCUT2D eigenvalue weighted by Crippen LogP contribution is -1.87. The van der Waals surface area contributed by atoms with Crippen molar-refractivity contribution in [3.63, 3.8) is 0 Å². The van der Waals surface area contributed by atoms with Crippen molar-refractivity contribution in [3.05, 3.63) is 34.3 Å². The van der Waals surface area contributed by atoms with Gasteiger partial charge in [-0.1, -0.05) is 40.3 Å². The minimum Gasteiger partial charge on any atom is -0.0846 e. The first-order valence-corrected chi connectivity index (χ1v) is 4.17. The Bertz CT molecular complexity index is 255. The molecular formula is C8H7BrS. The van der Waals surface area contributed by atoms with Gasteiger partial charge in [-0.05, 0) is 24.6 Å². The summed E-state index contributed by atoms with van der Waals surface area (Å²) in [6.07, 6.45) is 0. The van der Waals surface area contributed by atoms with Crippen LogP contribution >= 0.6 is 28.1 Å². The number of rotatable bonds is 1. The summed E-state index contributed by atoms with van der Waals surface area (Å²) in [5.74, 6) is 0. The van der Waals surface area contributed by atoms with Crippen molar-refractivity contribution in [2.75, 3.05) is 0 Å². The number of halogens is 1. The van der Waals surface area contributed by atoms with E-state index in [1.54, 1.807) is 0 Å². The molecule has 0 aliphatic carbocycles. The summed E-state index contributed by atoms with van der Waals surface area (Å²) in [7, 11) is 0. The Morgan fingerprint density at radius 1 is 1.50 bits per heavy atom. The summed E-state index contributed by atoms with van der Waals surface area (Å²) in [6.45, 7) is 1.93. The van der Waals surface area contributed by atoms with Gasteiger partial charge < -0.3 is 0 Å². The van der Waals surface area contributed by atoms with E-state index in [4.69, 9.17) is 12.2 Å². The van der Waals surface area contributed by atoms with Crippen molar-refractivity contribution in [1.29, 1.82) is 0 Å². The van der Waals surface area contributed by atoms with Crippen LogP contribution in [0.2, 0.25) is 0 Å². The predicted molar refractivity (Wildman–Crippen MR) is 51.5 cm³/mol. The molecule has 2 heteroatoms. The Balaban J connectivity index is 3.07. The molecule has 1 aromatic rings. The van der Waals surface area contributed by atoms with E-state index in [0.717, 1.165) is 14.9 Å². The second kappa shape index (κ2) is 3.26. The molecule has 0 bridgehead atoms. The number of benzene rings is 1.